The zero-order valence-electron chi connectivity index (χ0n) is 14.7. The average Bonchev–Trinajstić information content (AvgIpc) is 3.20. The lowest BCUT2D eigenvalue weighted by Crippen LogP contribution is -2.34. The Hall–Kier alpha value is -3.06. The molecule has 2 amide bonds. The summed E-state index contributed by atoms with van der Waals surface area (Å²) < 4.78 is 0. The number of nitrogens with zero attached hydrogens (tertiary/aromatic N) is 2. The number of thiazole rings is 1. The van der Waals surface area contributed by atoms with Crippen molar-refractivity contribution in [1.29, 1.82) is 0 Å². The largest absolute Gasteiger partial charge is 0.354 e. The van der Waals surface area contributed by atoms with E-state index in [0.29, 0.717) is 31.5 Å². The molecule has 6 nitrogen and oxygen atoms in total. The van der Waals surface area contributed by atoms with Crippen LogP contribution in [0.15, 0.2) is 60.2 Å². The summed E-state index contributed by atoms with van der Waals surface area (Å²) >= 11 is 1.55. The first kappa shape index (κ1) is 18.7. The number of amides is 2. The molecule has 0 spiro atoms. The molecule has 7 heteroatoms. The summed E-state index contributed by atoms with van der Waals surface area (Å²) in [5.74, 6) is -0.199. The number of rotatable bonds is 8. The SMILES string of the molecule is O=C(CCc1csc(-c2cccnc2)n1)NCCNC(=O)c1ccccc1. The van der Waals surface area contributed by atoms with Crippen molar-refractivity contribution >= 4 is 23.2 Å². The van der Waals surface area contributed by atoms with Gasteiger partial charge in [0.1, 0.15) is 5.01 Å². The minimum absolute atomic E-state index is 0.0557. The fourth-order valence-electron chi connectivity index (χ4n) is 2.44. The summed E-state index contributed by atoms with van der Waals surface area (Å²) in [7, 11) is 0. The molecule has 0 radical (unpaired) electrons. The van der Waals surface area contributed by atoms with E-state index in [4.69, 9.17) is 0 Å². The molecule has 0 fully saturated rings. The number of pyridine rings is 1. The first-order valence-corrected chi connectivity index (χ1v) is 9.55. The maximum Gasteiger partial charge on any atom is 0.251 e. The van der Waals surface area contributed by atoms with Gasteiger partial charge in [0.2, 0.25) is 5.91 Å². The molecule has 0 bridgehead atoms. The van der Waals surface area contributed by atoms with Crippen molar-refractivity contribution in [3.05, 3.63) is 71.5 Å². The Morgan fingerprint density at radius 1 is 1.00 bits per heavy atom. The summed E-state index contributed by atoms with van der Waals surface area (Å²) in [5, 5.41) is 8.46. The molecule has 3 aromatic rings. The maximum absolute atomic E-state index is 11.9. The Morgan fingerprint density at radius 3 is 2.59 bits per heavy atom. The Bertz CT molecular complexity index is 881. The molecule has 2 N–H and O–H groups in total. The molecule has 27 heavy (non-hydrogen) atoms. The second kappa shape index (κ2) is 9.59. The molecule has 0 saturated carbocycles. The quantitative estimate of drug-likeness (QED) is 0.589. The first-order valence-electron chi connectivity index (χ1n) is 8.67. The number of benzene rings is 1. The van der Waals surface area contributed by atoms with E-state index >= 15 is 0 Å². The fourth-order valence-corrected chi connectivity index (χ4v) is 3.29. The molecule has 0 aliphatic carbocycles. The molecule has 0 aliphatic rings. The molecule has 1 aromatic carbocycles. The van der Waals surface area contributed by atoms with Crippen LogP contribution in [0.2, 0.25) is 0 Å². The number of hydrogen-bond donors (Lipinski definition) is 2. The summed E-state index contributed by atoms with van der Waals surface area (Å²) in [4.78, 5) is 32.5. The van der Waals surface area contributed by atoms with Crippen molar-refractivity contribution in [3.8, 4) is 10.6 Å². The lowest BCUT2D eigenvalue weighted by Gasteiger charge is -2.07. The van der Waals surface area contributed by atoms with Crippen molar-refractivity contribution < 1.29 is 9.59 Å². The van der Waals surface area contributed by atoms with Gasteiger partial charge in [0.25, 0.3) is 5.91 Å². The van der Waals surface area contributed by atoms with Gasteiger partial charge in [0.05, 0.1) is 5.69 Å². The van der Waals surface area contributed by atoms with E-state index in [1.54, 1.807) is 35.9 Å². The number of nitrogens with one attached hydrogen (secondary N) is 2. The second-order valence-electron chi connectivity index (χ2n) is 5.86. The van der Waals surface area contributed by atoms with Crippen LogP contribution in [0, 0.1) is 0 Å². The van der Waals surface area contributed by atoms with Gasteiger partial charge >= 0.3 is 0 Å². The van der Waals surface area contributed by atoms with Gasteiger partial charge in [-0.1, -0.05) is 18.2 Å². The number of aromatic nitrogens is 2. The predicted octanol–water partition coefficient (Wildman–Crippen LogP) is 2.68. The molecule has 0 aliphatic heterocycles. The summed E-state index contributed by atoms with van der Waals surface area (Å²) in [6.45, 7) is 0.788. The number of carbonyl (C=O) groups is 2. The van der Waals surface area contributed by atoms with Crippen LogP contribution in [-0.2, 0) is 11.2 Å². The standard InChI is InChI=1S/C20H20N4O2S/c25-18(22-11-12-23-19(26)15-5-2-1-3-6-15)9-8-17-14-27-20(24-17)16-7-4-10-21-13-16/h1-7,10,13-14H,8-9,11-12H2,(H,22,25)(H,23,26). The number of carbonyl (C=O) groups excluding carboxylic acids is 2. The lowest BCUT2D eigenvalue weighted by molar-refractivity contribution is -0.121. The first-order chi connectivity index (χ1) is 13.2. The van der Waals surface area contributed by atoms with Gasteiger partial charge in [0.15, 0.2) is 0 Å². The highest BCUT2D eigenvalue weighted by molar-refractivity contribution is 7.13. The molecule has 2 aromatic heterocycles. The van der Waals surface area contributed by atoms with Crippen LogP contribution in [0.3, 0.4) is 0 Å². The second-order valence-corrected chi connectivity index (χ2v) is 6.72. The summed E-state index contributed by atoms with van der Waals surface area (Å²) in [5.41, 5.74) is 2.48. The van der Waals surface area contributed by atoms with Crippen LogP contribution in [0.5, 0.6) is 0 Å². The van der Waals surface area contributed by atoms with Crippen molar-refractivity contribution in [2.24, 2.45) is 0 Å². The van der Waals surface area contributed by atoms with Crippen LogP contribution in [0.4, 0.5) is 0 Å². The van der Waals surface area contributed by atoms with Crippen molar-refractivity contribution in [3.63, 3.8) is 0 Å². The molecule has 138 valence electrons. The van der Waals surface area contributed by atoms with Crippen LogP contribution < -0.4 is 10.6 Å². The van der Waals surface area contributed by atoms with E-state index in [0.717, 1.165) is 16.3 Å². The van der Waals surface area contributed by atoms with E-state index in [9.17, 15) is 9.59 Å². The molecule has 0 unspecified atom stereocenters. The summed E-state index contributed by atoms with van der Waals surface area (Å²) in [6, 6.07) is 12.8. The third-order valence-electron chi connectivity index (χ3n) is 3.84. The van der Waals surface area contributed by atoms with Crippen molar-refractivity contribution in [2.75, 3.05) is 13.1 Å². The van der Waals surface area contributed by atoms with Crippen LogP contribution in [0.25, 0.3) is 10.6 Å². The normalized spacial score (nSPS) is 10.4. The number of aryl methyl sites for hydroxylation is 1. The molecule has 3 rings (SSSR count). The van der Waals surface area contributed by atoms with E-state index in [2.05, 4.69) is 20.6 Å². The predicted molar refractivity (Wildman–Crippen MR) is 105 cm³/mol. The Morgan fingerprint density at radius 2 is 1.81 bits per heavy atom. The molecular weight excluding hydrogens is 360 g/mol. The maximum atomic E-state index is 11.9. The average molecular weight is 380 g/mol. The van der Waals surface area contributed by atoms with Crippen molar-refractivity contribution in [2.45, 2.75) is 12.8 Å². The van der Waals surface area contributed by atoms with Crippen molar-refractivity contribution in [1.82, 2.24) is 20.6 Å². The van der Waals surface area contributed by atoms with Gasteiger partial charge in [-0.3, -0.25) is 14.6 Å². The highest BCUT2D eigenvalue weighted by Gasteiger charge is 2.08. The third-order valence-corrected chi connectivity index (χ3v) is 4.78. The van der Waals surface area contributed by atoms with Gasteiger partial charge in [0, 0.05) is 48.4 Å². The Kier molecular flexibility index (Phi) is 6.65. The topological polar surface area (TPSA) is 84.0 Å². The van der Waals surface area contributed by atoms with Gasteiger partial charge in [-0.2, -0.15) is 0 Å². The van der Waals surface area contributed by atoms with Gasteiger partial charge < -0.3 is 10.6 Å². The molecule has 2 heterocycles. The highest BCUT2D eigenvalue weighted by atomic mass is 32.1. The fraction of sp³-hybridized carbons (Fsp3) is 0.200. The molecule has 0 atom stereocenters. The van der Waals surface area contributed by atoms with E-state index in [1.807, 2.05) is 35.7 Å². The Labute approximate surface area is 161 Å². The zero-order valence-corrected chi connectivity index (χ0v) is 15.5. The minimum atomic E-state index is -0.143. The molecular formula is C20H20N4O2S. The molecule has 0 saturated heterocycles. The number of hydrogen-bond acceptors (Lipinski definition) is 5. The highest BCUT2D eigenvalue weighted by Crippen LogP contribution is 2.23. The summed E-state index contributed by atoms with van der Waals surface area (Å²) in [6.07, 6.45) is 4.45. The van der Waals surface area contributed by atoms with Crippen LogP contribution in [-0.4, -0.2) is 34.9 Å². The monoisotopic (exact) mass is 380 g/mol. The van der Waals surface area contributed by atoms with Crippen LogP contribution in [0.1, 0.15) is 22.5 Å². The lowest BCUT2D eigenvalue weighted by atomic mass is 10.2. The van der Waals surface area contributed by atoms with Gasteiger partial charge in [-0.05, 0) is 30.7 Å². The smallest absolute Gasteiger partial charge is 0.251 e. The van der Waals surface area contributed by atoms with Gasteiger partial charge in [-0.15, -0.1) is 11.3 Å². The zero-order chi connectivity index (χ0) is 18.9. The van der Waals surface area contributed by atoms with E-state index < -0.39 is 0 Å². The van der Waals surface area contributed by atoms with E-state index in [1.165, 1.54) is 0 Å². The van der Waals surface area contributed by atoms with E-state index in [-0.39, 0.29) is 11.8 Å². The Balaban J connectivity index is 1.35. The minimum Gasteiger partial charge on any atom is -0.354 e. The van der Waals surface area contributed by atoms with Crippen LogP contribution >= 0.6 is 11.3 Å². The van der Waals surface area contributed by atoms with Gasteiger partial charge in [-0.25, -0.2) is 4.98 Å². The third kappa shape index (κ3) is 5.72.